The molecule has 0 bridgehead atoms. The van der Waals surface area contributed by atoms with Gasteiger partial charge in [-0.15, -0.1) is 0 Å². The Morgan fingerprint density at radius 1 is 1.32 bits per heavy atom. The minimum absolute atomic E-state index is 0.0328. The lowest BCUT2D eigenvalue weighted by molar-refractivity contribution is -0.139. The summed E-state index contributed by atoms with van der Waals surface area (Å²) in [7, 11) is -4.18. The van der Waals surface area contributed by atoms with E-state index in [-0.39, 0.29) is 11.4 Å². The van der Waals surface area contributed by atoms with Crippen molar-refractivity contribution < 1.29 is 21.6 Å². The molecule has 1 atom stereocenters. The van der Waals surface area contributed by atoms with Gasteiger partial charge < -0.3 is 0 Å². The van der Waals surface area contributed by atoms with Gasteiger partial charge >= 0.3 is 6.18 Å². The fourth-order valence-electron chi connectivity index (χ4n) is 1.36. The van der Waals surface area contributed by atoms with Crippen molar-refractivity contribution in [1.82, 2.24) is 4.72 Å². The van der Waals surface area contributed by atoms with E-state index >= 15 is 0 Å². The van der Waals surface area contributed by atoms with Crippen molar-refractivity contribution in [3.8, 4) is 0 Å². The van der Waals surface area contributed by atoms with Crippen LogP contribution in [0.15, 0.2) is 29.2 Å². The van der Waals surface area contributed by atoms with Crippen LogP contribution in [0.2, 0.25) is 0 Å². The Morgan fingerprint density at radius 3 is 2.42 bits per heavy atom. The maximum atomic E-state index is 12.7. The number of nitrogens with one attached hydrogen (secondary N) is 1. The topological polar surface area (TPSA) is 46.2 Å². The van der Waals surface area contributed by atoms with Crippen molar-refractivity contribution in [3.63, 3.8) is 0 Å². The number of sulfonamides is 1. The van der Waals surface area contributed by atoms with Gasteiger partial charge in [0.05, 0.1) is 10.5 Å². The number of hydrogen-bond acceptors (Lipinski definition) is 2. The molecule has 19 heavy (non-hydrogen) atoms. The molecular formula is C11H13BrF3NO2S. The molecule has 3 nitrogen and oxygen atoms in total. The average Bonchev–Trinajstić information content (AvgIpc) is 2.35. The number of rotatable bonds is 5. The van der Waals surface area contributed by atoms with Crippen molar-refractivity contribution >= 4 is 26.0 Å². The Hall–Kier alpha value is -0.600. The molecule has 1 rings (SSSR count). The maximum Gasteiger partial charge on any atom is 0.417 e. The molecule has 108 valence electrons. The van der Waals surface area contributed by atoms with Gasteiger partial charge in [0, 0.05) is 11.4 Å². The van der Waals surface area contributed by atoms with Crippen LogP contribution in [0.3, 0.4) is 0 Å². The maximum absolute atomic E-state index is 12.7. The van der Waals surface area contributed by atoms with Crippen LogP contribution in [-0.2, 0) is 16.2 Å². The molecule has 0 fully saturated rings. The molecule has 0 saturated heterocycles. The quantitative estimate of drug-likeness (QED) is 0.820. The van der Waals surface area contributed by atoms with Gasteiger partial charge in [-0.1, -0.05) is 35.0 Å². The predicted molar refractivity (Wildman–Crippen MR) is 69.6 cm³/mol. The summed E-state index contributed by atoms with van der Waals surface area (Å²) in [5, 5.41) is 0. The van der Waals surface area contributed by atoms with Crippen LogP contribution in [0.1, 0.15) is 18.9 Å². The smallest absolute Gasteiger partial charge is 0.210 e. The third kappa shape index (κ3) is 4.47. The highest BCUT2D eigenvalue weighted by Crippen LogP contribution is 2.33. The zero-order chi connectivity index (χ0) is 14.7. The molecule has 0 aromatic heterocycles. The molecule has 0 spiro atoms. The first-order valence-corrected chi connectivity index (χ1v) is 7.88. The van der Waals surface area contributed by atoms with Crippen LogP contribution >= 0.6 is 15.9 Å². The summed E-state index contributed by atoms with van der Waals surface area (Å²) < 4.78 is 64.2. The average molecular weight is 360 g/mol. The van der Waals surface area contributed by atoms with Gasteiger partial charge in [-0.05, 0) is 18.6 Å². The summed E-state index contributed by atoms with van der Waals surface area (Å²) >= 11 is 3.21. The molecule has 0 heterocycles. The van der Waals surface area contributed by atoms with Crippen molar-refractivity contribution in [2.24, 2.45) is 0 Å². The van der Waals surface area contributed by atoms with E-state index in [2.05, 4.69) is 20.7 Å². The molecule has 1 unspecified atom stereocenters. The van der Waals surface area contributed by atoms with Gasteiger partial charge in [0.25, 0.3) is 0 Å². The zero-order valence-electron chi connectivity index (χ0n) is 10.0. The van der Waals surface area contributed by atoms with Crippen molar-refractivity contribution in [2.75, 3.05) is 6.54 Å². The fraction of sp³-hybridized carbons (Fsp3) is 0.455. The minimum Gasteiger partial charge on any atom is -0.210 e. The molecular weight excluding hydrogens is 347 g/mol. The van der Waals surface area contributed by atoms with E-state index in [9.17, 15) is 21.6 Å². The van der Waals surface area contributed by atoms with E-state index in [4.69, 9.17) is 0 Å². The molecule has 8 heteroatoms. The molecule has 0 radical (unpaired) electrons. The molecule has 1 aromatic rings. The van der Waals surface area contributed by atoms with Gasteiger partial charge in [-0.2, -0.15) is 13.2 Å². The molecule has 1 N–H and O–H groups in total. The summed E-state index contributed by atoms with van der Waals surface area (Å²) in [5.74, 6) is 0. The second-order valence-electron chi connectivity index (χ2n) is 3.85. The lowest BCUT2D eigenvalue weighted by Gasteiger charge is -2.14. The molecule has 0 saturated carbocycles. The SMILES string of the molecule is CCC(Br)CNS(=O)(=O)c1ccccc1C(F)(F)F. The molecule has 0 aliphatic rings. The van der Waals surface area contributed by atoms with E-state index < -0.39 is 26.7 Å². The third-order valence-corrected chi connectivity index (χ3v) is 4.87. The lowest BCUT2D eigenvalue weighted by atomic mass is 10.2. The van der Waals surface area contributed by atoms with Crippen molar-refractivity contribution in [3.05, 3.63) is 29.8 Å². The normalized spacial score (nSPS) is 14.4. The Balaban J connectivity index is 3.09. The van der Waals surface area contributed by atoms with Crippen molar-refractivity contribution in [2.45, 2.75) is 29.2 Å². The minimum atomic E-state index is -4.70. The highest BCUT2D eigenvalue weighted by molar-refractivity contribution is 9.09. The number of halogens is 4. The van der Waals surface area contributed by atoms with Gasteiger partial charge in [0.2, 0.25) is 10.0 Å². The van der Waals surface area contributed by atoms with Gasteiger partial charge in [-0.25, -0.2) is 13.1 Å². The number of hydrogen-bond donors (Lipinski definition) is 1. The second kappa shape index (κ2) is 6.23. The molecule has 1 aromatic carbocycles. The largest absolute Gasteiger partial charge is 0.417 e. The molecule has 0 aliphatic heterocycles. The van der Waals surface area contributed by atoms with E-state index in [0.29, 0.717) is 6.42 Å². The summed E-state index contributed by atoms with van der Waals surface area (Å²) in [6.07, 6.45) is -4.05. The first-order chi connectivity index (χ1) is 8.68. The van der Waals surface area contributed by atoms with Crippen LogP contribution in [0.4, 0.5) is 13.2 Å². The van der Waals surface area contributed by atoms with Crippen LogP contribution in [0.25, 0.3) is 0 Å². The Morgan fingerprint density at radius 2 is 1.89 bits per heavy atom. The fourth-order valence-corrected chi connectivity index (χ4v) is 3.04. The van der Waals surface area contributed by atoms with Gasteiger partial charge in [0.15, 0.2) is 0 Å². The first-order valence-electron chi connectivity index (χ1n) is 5.48. The van der Waals surface area contributed by atoms with Crippen LogP contribution < -0.4 is 4.72 Å². The Labute approximate surface area is 118 Å². The van der Waals surface area contributed by atoms with Crippen LogP contribution in [0, 0.1) is 0 Å². The zero-order valence-corrected chi connectivity index (χ0v) is 12.4. The summed E-state index contributed by atoms with van der Waals surface area (Å²) in [6.45, 7) is 1.86. The highest BCUT2D eigenvalue weighted by Gasteiger charge is 2.36. The highest BCUT2D eigenvalue weighted by atomic mass is 79.9. The number of alkyl halides is 4. The van der Waals surface area contributed by atoms with Gasteiger partial charge in [0.1, 0.15) is 0 Å². The molecule has 0 aliphatic carbocycles. The molecule has 0 amide bonds. The lowest BCUT2D eigenvalue weighted by Crippen LogP contribution is -2.31. The number of benzene rings is 1. The van der Waals surface area contributed by atoms with Crippen LogP contribution in [0.5, 0.6) is 0 Å². The van der Waals surface area contributed by atoms with E-state index in [0.717, 1.165) is 18.2 Å². The van der Waals surface area contributed by atoms with Crippen molar-refractivity contribution in [1.29, 1.82) is 0 Å². The standard InChI is InChI=1S/C11H13BrF3NO2S/c1-2-8(12)7-16-19(17,18)10-6-4-3-5-9(10)11(13,14)15/h3-6,8,16H,2,7H2,1H3. The first kappa shape index (κ1) is 16.5. The van der Waals surface area contributed by atoms with Crippen LogP contribution in [-0.4, -0.2) is 19.8 Å². The Bertz CT molecular complexity index is 531. The summed E-state index contributed by atoms with van der Waals surface area (Å²) in [5.41, 5.74) is -1.16. The second-order valence-corrected chi connectivity index (χ2v) is 6.88. The third-order valence-electron chi connectivity index (χ3n) is 2.42. The van der Waals surface area contributed by atoms with E-state index in [1.54, 1.807) is 0 Å². The van der Waals surface area contributed by atoms with E-state index in [1.807, 2.05) is 6.92 Å². The summed E-state index contributed by atoms with van der Waals surface area (Å²) in [4.78, 5) is -0.876. The van der Waals surface area contributed by atoms with E-state index in [1.165, 1.54) is 6.07 Å². The Kier molecular flexibility index (Phi) is 5.40. The summed E-state index contributed by atoms with van der Waals surface area (Å²) in [6, 6.07) is 4.11. The van der Waals surface area contributed by atoms with Gasteiger partial charge in [-0.3, -0.25) is 0 Å². The predicted octanol–water partition coefficient (Wildman–Crippen LogP) is 3.16. The monoisotopic (exact) mass is 359 g/mol.